The van der Waals surface area contributed by atoms with Crippen molar-refractivity contribution in [2.75, 3.05) is 25.1 Å². The molecule has 2 fully saturated rings. The predicted octanol–water partition coefficient (Wildman–Crippen LogP) is 6.10. The standard InChI is InChI=1S/C31H35F3N4O3/c1-17-11-20(12-26(35)18(17)2)22-5-8-36-15-28(22)38-31(39)27-4-3-23(32)30(37-27)29-24(33)13-21(14-25(29)34)41-16-19-6-9-40-10-7-19/h3-5,8,13-15,17-20,26H,6-7,9-12,16,35H2,1-2H3,(H,38,39). The number of hydrogen-bond acceptors (Lipinski definition) is 6. The number of nitrogens with two attached hydrogens (primary N) is 1. The predicted molar refractivity (Wildman–Crippen MR) is 149 cm³/mol. The van der Waals surface area contributed by atoms with E-state index in [1.807, 2.05) is 6.07 Å². The molecular formula is C31H35F3N4O3. The zero-order valence-corrected chi connectivity index (χ0v) is 23.2. The van der Waals surface area contributed by atoms with Crippen molar-refractivity contribution >= 4 is 11.6 Å². The minimum absolute atomic E-state index is 0.000187. The van der Waals surface area contributed by atoms with Gasteiger partial charge < -0.3 is 20.5 Å². The maximum atomic E-state index is 15.1. The minimum Gasteiger partial charge on any atom is -0.493 e. The highest BCUT2D eigenvalue weighted by Gasteiger charge is 2.32. The number of rotatable bonds is 7. The summed E-state index contributed by atoms with van der Waals surface area (Å²) >= 11 is 0. The van der Waals surface area contributed by atoms with Crippen LogP contribution in [-0.2, 0) is 4.74 Å². The lowest BCUT2D eigenvalue weighted by molar-refractivity contribution is 0.0496. The van der Waals surface area contributed by atoms with E-state index in [0.717, 1.165) is 49.4 Å². The molecule has 1 amide bonds. The fourth-order valence-electron chi connectivity index (χ4n) is 5.76. The normalized spacial score (nSPS) is 23.3. The number of anilines is 1. The molecule has 1 aliphatic carbocycles. The van der Waals surface area contributed by atoms with Gasteiger partial charge in [0.25, 0.3) is 5.91 Å². The van der Waals surface area contributed by atoms with Crippen LogP contribution in [-0.4, -0.2) is 41.7 Å². The molecule has 3 aromatic rings. The van der Waals surface area contributed by atoms with Gasteiger partial charge in [-0.15, -0.1) is 0 Å². The fraction of sp³-hybridized carbons (Fsp3) is 0.452. The molecule has 218 valence electrons. The second-order valence-electron chi connectivity index (χ2n) is 11.2. The summed E-state index contributed by atoms with van der Waals surface area (Å²) in [7, 11) is 0. The molecular weight excluding hydrogens is 533 g/mol. The fourth-order valence-corrected chi connectivity index (χ4v) is 5.76. The van der Waals surface area contributed by atoms with Crippen LogP contribution in [0.15, 0.2) is 42.7 Å². The molecule has 5 rings (SSSR count). The molecule has 41 heavy (non-hydrogen) atoms. The second-order valence-corrected chi connectivity index (χ2v) is 11.2. The number of benzene rings is 1. The zero-order valence-electron chi connectivity index (χ0n) is 23.2. The summed E-state index contributed by atoms with van der Waals surface area (Å²) in [5, 5.41) is 2.81. The third-order valence-electron chi connectivity index (χ3n) is 8.49. The van der Waals surface area contributed by atoms with Crippen molar-refractivity contribution in [2.24, 2.45) is 23.5 Å². The van der Waals surface area contributed by atoms with Crippen LogP contribution in [0.2, 0.25) is 0 Å². The Bertz CT molecular complexity index is 1360. The molecule has 0 bridgehead atoms. The molecule has 2 aromatic heterocycles. The maximum Gasteiger partial charge on any atom is 0.274 e. The second kappa shape index (κ2) is 12.6. The van der Waals surface area contributed by atoms with Gasteiger partial charge in [-0.05, 0) is 73.1 Å². The molecule has 10 heteroatoms. The maximum absolute atomic E-state index is 15.1. The number of amides is 1. The topological polar surface area (TPSA) is 99.4 Å². The average Bonchev–Trinajstić information content (AvgIpc) is 2.96. The molecule has 3 heterocycles. The number of carbonyl (C=O) groups excluding carboxylic acids is 1. The summed E-state index contributed by atoms with van der Waals surface area (Å²) in [5.74, 6) is -2.54. The van der Waals surface area contributed by atoms with Gasteiger partial charge in [0, 0.05) is 37.6 Å². The Kier molecular flexibility index (Phi) is 8.89. The van der Waals surface area contributed by atoms with Crippen LogP contribution in [0.1, 0.15) is 61.5 Å². The van der Waals surface area contributed by atoms with Crippen molar-refractivity contribution in [1.29, 1.82) is 0 Å². The molecule has 1 aromatic carbocycles. The van der Waals surface area contributed by atoms with Gasteiger partial charge in [0.2, 0.25) is 0 Å². The number of halogens is 3. The van der Waals surface area contributed by atoms with Gasteiger partial charge in [-0.2, -0.15) is 0 Å². The highest BCUT2D eigenvalue weighted by molar-refractivity contribution is 6.03. The van der Waals surface area contributed by atoms with E-state index in [2.05, 4.69) is 29.1 Å². The summed E-state index contributed by atoms with van der Waals surface area (Å²) in [4.78, 5) is 21.4. The van der Waals surface area contributed by atoms with Crippen LogP contribution < -0.4 is 15.8 Å². The Morgan fingerprint density at radius 3 is 2.51 bits per heavy atom. The lowest BCUT2D eigenvalue weighted by Crippen LogP contribution is -2.39. The quantitative estimate of drug-likeness (QED) is 0.358. The molecule has 2 aliphatic rings. The summed E-state index contributed by atoms with van der Waals surface area (Å²) < 4.78 is 56.0. The van der Waals surface area contributed by atoms with E-state index in [-0.39, 0.29) is 29.3 Å². The molecule has 1 saturated carbocycles. The van der Waals surface area contributed by atoms with Crippen LogP contribution in [0, 0.1) is 35.2 Å². The zero-order chi connectivity index (χ0) is 29.1. The first-order valence-electron chi connectivity index (χ1n) is 14.1. The molecule has 7 nitrogen and oxygen atoms in total. The highest BCUT2D eigenvalue weighted by atomic mass is 19.1. The van der Waals surface area contributed by atoms with Crippen molar-refractivity contribution in [3.05, 3.63) is 71.4 Å². The van der Waals surface area contributed by atoms with E-state index in [1.54, 1.807) is 12.4 Å². The van der Waals surface area contributed by atoms with Crippen molar-refractivity contribution in [3.63, 3.8) is 0 Å². The monoisotopic (exact) mass is 568 g/mol. The Morgan fingerprint density at radius 1 is 1.07 bits per heavy atom. The third kappa shape index (κ3) is 6.54. The molecule has 1 saturated heterocycles. The van der Waals surface area contributed by atoms with Crippen LogP contribution in [0.3, 0.4) is 0 Å². The average molecular weight is 569 g/mol. The number of pyridine rings is 2. The van der Waals surface area contributed by atoms with E-state index >= 15 is 8.78 Å². The number of hydrogen-bond donors (Lipinski definition) is 2. The van der Waals surface area contributed by atoms with E-state index in [4.69, 9.17) is 15.2 Å². The van der Waals surface area contributed by atoms with Gasteiger partial charge in [0.1, 0.15) is 34.6 Å². The van der Waals surface area contributed by atoms with Crippen molar-refractivity contribution in [3.8, 4) is 17.0 Å². The number of aromatic nitrogens is 2. The van der Waals surface area contributed by atoms with Crippen LogP contribution in [0.5, 0.6) is 5.75 Å². The van der Waals surface area contributed by atoms with Crippen LogP contribution in [0.4, 0.5) is 18.9 Å². The third-order valence-corrected chi connectivity index (χ3v) is 8.49. The van der Waals surface area contributed by atoms with Gasteiger partial charge in [-0.3, -0.25) is 9.78 Å². The van der Waals surface area contributed by atoms with E-state index in [9.17, 15) is 9.18 Å². The van der Waals surface area contributed by atoms with Gasteiger partial charge >= 0.3 is 0 Å². The summed E-state index contributed by atoms with van der Waals surface area (Å²) in [6.07, 6.45) is 6.50. The van der Waals surface area contributed by atoms with Gasteiger partial charge in [-0.25, -0.2) is 18.2 Å². The Labute approximate surface area is 237 Å². The van der Waals surface area contributed by atoms with Crippen molar-refractivity contribution < 1.29 is 27.4 Å². The molecule has 0 radical (unpaired) electrons. The molecule has 4 unspecified atom stereocenters. The minimum atomic E-state index is -1.04. The summed E-state index contributed by atoms with van der Waals surface area (Å²) in [6.45, 7) is 5.87. The lowest BCUT2D eigenvalue weighted by atomic mass is 9.71. The van der Waals surface area contributed by atoms with Gasteiger partial charge in [0.05, 0.1) is 24.1 Å². The summed E-state index contributed by atoms with van der Waals surface area (Å²) in [5.41, 5.74) is 6.31. The van der Waals surface area contributed by atoms with E-state index in [1.165, 1.54) is 6.07 Å². The largest absolute Gasteiger partial charge is 0.493 e. The molecule has 3 N–H and O–H groups in total. The first-order valence-corrected chi connectivity index (χ1v) is 14.1. The number of nitrogens with zero attached hydrogens (tertiary/aromatic N) is 2. The first kappa shape index (κ1) is 29.0. The Balaban J connectivity index is 1.35. The van der Waals surface area contributed by atoms with E-state index in [0.29, 0.717) is 37.3 Å². The van der Waals surface area contributed by atoms with Gasteiger partial charge in [0.15, 0.2) is 0 Å². The molecule has 4 atom stereocenters. The highest BCUT2D eigenvalue weighted by Crippen LogP contribution is 2.41. The van der Waals surface area contributed by atoms with E-state index < -0.39 is 34.6 Å². The van der Waals surface area contributed by atoms with Crippen LogP contribution in [0.25, 0.3) is 11.3 Å². The summed E-state index contributed by atoms with van der Waals surface area (Å²) in [6, 6.07) is 6.04. The molecule has 0 spiro atoms. The Hall–Kier alpha value is -3.50. The van der Waals surface area contributed by atoms with Crippen LogP contribution >= 0.6 is 0 Å². The number of nitrogens with one attached hydrogen (secondary N) is 1. The van der Waals surface area contributed by atoms with Gasteiger partial charge in [-0.1, -0.05) is 13.8 Å². The van der Waals surface area contributed by atoms with Crippen molar-refractivity contribution in [2.45, 2.75) is 51.5 Å². The lowest BCUT2D eigenvalue weighted by Gasteiger charge is -2.37. The Morgan fingerprint density at radius 2 is 1.80 bits per heavy atom. The SMILES string of the molecule is CC1CC(c2ccncc2NC(=O)c2ccc(F)c(-c3c(F)cc(OCC4CCOCC4)cc3F)n2)CC(N)C1C. The number of ether oxygens (including phenoxy) is 2. The number of carbonyl (C=O) groups is 1. The van der Waals surface area contributed by atoms with Crippen molar-refractivity contribution in [1.82, 2.24) is 9.97 Å². The smallest absolute Gasteiger partial charge is 0.274 e. The first-order chi connectivity index (χ1) is 19.7. The molecule has 1 aliphatic heterocycles.